The number of H-pyrrole nitrogens is 1. The summed E-state index contributed by atoms with van der Waals surface area (Å²) in [5.41, 5.74) is -2.60. The molecule has 0 aromatic carbocycles. The second kappa shape index (κ2) is 53.9. The molecule has 1 aliphatic heterocycles. The molecule has 0 saturated carbocycles. The summed E-state index contributed by atoms with van der Waals surface area (Å²) in [5.74, 6) is -1.43. The summed E-state index contributed by atoms with van der Waals surface area (Å²) < 4.78 is 63.4. The summed E-state index contributed by atoms with van der Waals surface area (Å²) in [4.78, 5) is 70.1. The summed E-state index contributed by atoms with van der Waals surface area (Å²) in [5, 5.41) is 19.9. The highest BCUT2D eigenvalue weighted by Crippen LogP contribution is 2.66. The van der Waals surface area contributed by atoms with Crippen LogP contribution in [0.1, 0.15) is 243 Å². The number of aliphatic hydroxyl groups is 2. The highest BCUT2D eigenvalue weighted by Gasteiger charge is 2.47. The molecule has 25 heteroatoms. The van der Waals surface area contributed by atoms with Gasteiger partial charge in [-0.15, -0.1) is 0 Å². The standard InChI is InChI=1S/4C12H27N.C9H14FN2O15P3/c4*1-4-7-10-13(11-8-5-2)12-9-6-3;10-3-1-12(9(16)11-7(3)15)8-6(14)5(13)4(25-8)2-24-29(20,21)27-30(22,23)26-28(17,18)19/h4*4-12H2,1-3H3;1,4-6,8,13-14H,2H2,(H,20,21)(H,22,23)(H,11,15,16)(H2,17,18,19)/t;;;;4-,5-,6-,8-/m....1/s1. The van der Waals surface area contributed by atoms with E-state index in [9.17, 15) is 42.8 Å². The molecule has 82 heavy (non-hydrogen) atoms. The zero-order chi connectivity index (χ0) is 62.8. The van der Waals surface area contributed by atoms with Gasteiger partial charge in [-0.1, -0.05) is 160 Å². The van der Waals surface area contributed by atoms with E-state index in [4.69, 9.17) is 19.4 Å². The zero-order valence-corrected chi connectivity index (χ0v) is 56.0. The molecular weight excluding hydrogens is 1120 g/mol. The Kier molecular flexibility index (Phi) is 55.9. The van der Waals surface area contributed by atoms with Crippen LogP contribution < -0.4 is 11.2 Å². The van der Waals surface area contributed by atoms with Crippen molar-refractivity contribution in [3.8, 4) is 0 Å². The zero-order valence-electron chi connectivity index (χ0n) is 53.4. The summed E-state index contributed by atoms with van der Waals surface area (Å²) in [6.45, 7) is 42.0. The summed E-state index contributed by atoms with van der Waals surface area (Å²) in [6.07, 6.45) is 25.4. The first-order chi connectivity index (χ1) is 38.9. The second-order valence-corrected chi connectivity index (χ2v) is 25.6. The lowest BCUT2D eigenvalue weighted by Crippen LogP contribution is -2.38. The number of phosphoric acid groups is 3. The highest BCUT2D eigenvalue weighted by atomic mass is 31.3. The minimum atomic E-state index is -5.78. The Morgan fingerprint density at radius 2 is 0.744 bits per heavy atom. The van der Waals surface area contributed by atoms with Gasteiger partial charge in [0.05, 0.1) is 12.8 Å². The number of nitrogens with zero attached hydrogens (tertiary/aromatic N) is 5. The number of nitrogens with one attached hydrogen (secondary N) is 1. The maximum absolute atomic E-state index is 13.4. The molecule has 1 aliphatic rings. The number of aromatic nitrogens is 2. The minimum Gasteiger partial charge on any atom is -0.387 e. The van der Waals surface area contributed by atoms with Gasteiger partial charge in [0.1, 0.15) is 18.3 Å². The molecule has 0 bridgehead atoms. The van der Waals surface area contributed by atoms with Gasteiger partial charge in [0.25, 0.3) is 5.56 Å². The van der Waals surface area contributed by atoms with Gasteiger partial charge in [0.2, 0.25) is 5.82 Å². The van der Waals surface area contributed by atoms with Crippen LogP contribution in [0.5, 0.6) is 0 Å². The molecule has 2 heterocycles. The van der Waals surface area contributed by atoms with E-state index >= 15 is 0 Å². The van der Waals surface area contributed by atoms with Crippen molar-refractivity contribution >= 4 is 23.5 Å². The number of hydrogen-bond donors (Lipinski definition) is 7. The van der Waals surface area contributed by atoms with Crippen LogP contribution in [-0.2, 0) is 31.6 Å². The van der Waals surface area contributed by atoms with E-state index in [1.54, 1.807) is 4.98 Å². The maximum Gasteiger partial charge on any atom is 0.490 e. The van der Waals surface area contributed by atoms with Crippen molar-refractivity contribution in [3.05, 3.63) is 32.9 Å². The van der Waals surface area contributed by atoms with E-state index in [1.165, 1.54) is 233 Å². The molecule has 6 atom stereocenters. The Bertz CT molecular complexity index is 1720. The fourth-order valence-corrected chi connectivity index (χ4v) is 11.2. The van der Waals surface area contributed by atoms with E-state index in [-0.39, 0.29) is 0 Å². The second-order valence-electron chi connectivity index (χ2n) is 21.2. The molecule has 492 valence electrons. The average Bonchev–Trinajstić information content (AvgIpc) is 3.77. The molecule has 1 saturated heterocycles. The van der Waals surface area contributed by atoms with Crippen LogP contribution in [0.4, 0.5) is 4.39 Å². The predicted octanol–water partition coefficient (Wildman–Crippen LogP) is 12.4. The largest absolute Gasteiger partial charge is 0.490 e. The predicted molar refractivity (Wildman–Crippen MR) is 332 cm³/mol. The van der Waals surface area contributed by atoms with Gasteiger partial charge in [-0.3, -0.25) is 18.9 Å². The molecule has 0 aliphatic carbocycles. The molecule has 0 spiro atoms. The van der Waals surface area contributed by atoms with E-state index < -0.39 is 71.7 Å². The number of unbranched alkanes of at least 4 members (excludes halogenated alkanes) is 12. The number of rotatable bonds is 44. The van der Waals surface area contributed by atoms with Crippen LogP contribution in [0, 0.1) is 5.82 Å². The van der Waals surface area contributed by atoms with Crippen LogP contribution in [0.25, 0.3) is 0 Å². The van der Waals surface area contributed by atoms with E-state index in [0.717, 1.165) is 0 Å². The monoisotopic (exact) mass is 1240 g/mol. The Morgan fingerprint density at radius 3 is 0.988 bits per heavy atom. The quantitative estimate of drug-likeness (QED) is 0.0299. The molecular formula is C57H122FN6O15P3. The van der Waals surface area contributed by atoms with E-state index in [1.807, 2.05) is 0 Å². The number of halogens is 1. The SMILES string of the molecule is CCCCN(CCCC)CCCC.CCCCN(CCCC)CCCC.CCCCN(CCCC)CCCC.CCCCN(CCCC)CCCC.O=c1[nH]c(=O)n([C@@H]2O[C@H](COP(=O)(O)OP(=O)(O)OP(=O)(O)O)[C@@H](O)[C@H]2O)cc1F. The lowest BCUT2D eigenvalue weighted by molar-refractivity contribution is -0.0546. The third-order valence-electron chi connectivity index (χ3n) is 13.3. The number of aromatic amines is 1. The third-order valence-corrected chi connectivity index (χ3v) is 17.1. The van der Waals surface area contributed by atoms with Crippen molar-refractivity contribution in [1.82, 2.24) is 29.2 Å². The Balaban J connectivity index is -0.00000102. The lowest BCUT2D eigenvalue weighted by atomic mass is 10.1. The third kappa shape index (κ3) is 46.9. The van der Waals surface area contributed by atoms with Crippen LogP contribution in [0.15, 0.2) is 15.8 Å². The van der Waals surface area contributed by atoms with Gasteiger partial charge in [0.15, 0.2) is 6.23 Å². The fourth-order valence-electron chi connectivity index (χ4n) is 8.14. The Hall–Kier alpha value is -1.26. The van der Waals surface area contributed by atoms with Crippen molar-refractivity contribution in [1.29, 1.82) is 0 Å². The van der Waals surface area contributed by atoms with Crippen LogP contribution >= 0.6 is 23.5 Å². The number of aliphatic hydroxyl groups excluding tert-OH is 2. The topological polar surface area (TPSA) is 277 Å². The summed E-state index contributed by atoms with van der Waals surface area (Å²) in [6, 6.07) is 0. The molecule has 21 nitrogen and oxygen atoms in total. The van der Waals surface area contributed by atoms with Crippen molar-refractivity contribution in [2.45, 2.75) is 262 Å². The van der Waals surface area contributed by atoms with Gasteiger partial charge in [-0.25, -0.2) is 18.5 Å². The fraction of sp³-hybridized carbons (Fsp3) is 0.930. The first-order valence-electron chi connectivity index (χ1n) is 31.6. The lowest BCUT2D eigenvalue weighted by Gasteiger charge is -2.21. The maximum atomic E-state index is 13.4. The van der Waals surface area contributed by atoms with Crippen LogP contribution in [-0.4, -0.2) is 162 Å². The molecule has 2 unspecified atom stereocenters. The van der Waals surface area contributed by atoms with Gasteiger partial charge >= 0.3 is 29.2 Å². The normalized spacial score (nSPS) is 17.5. The van der Waals surface area contributed by atoms with Crippen molar-refractivity contribution < 1.29 is 65.8 Å². The van der Waals surface area contributed by atoms with Gasteiger partial charge in [0, 0.05) is 0 Å². The number of hydrogen-bond acceptors (Lipinski definition) is 15. The first-order valence-corrected chi connectivity index (χ1v) is 36.1. The molecule has 0 radical (unpaired) electrons. The Morgan fingerprint density at radius 1 is 0.476 bits per heavy atom. The first kappa shape index (κ1) is 84.9. The summed E-state index contributed by atoms with van der Waals surface area (Å²) >= 11 is 0. The highest BCUT2D eigenvalue weighted by molar-refractivity contribution is 7.66. The number of ether oxygens (including phenoxy) is 1. The van der Waals surface area contributed by atoms with Crippen molar-refractivity contribution in [2.24, 2.45) is 0 Å². The minimum absolute atomic E-state index is 0.368. The number of phosphoric ester groups is 1. The van der Waals surface area contributed by atoms with E-state index in [2.05, 4.69) is 116 Å². The smallest absolute Gasteiger partial charge is 0.387 e. The van der Waals surface area contributed by atoms with E-state index in [0.29, 0.717) is 10.8 Å². The molecule has 1 aromatic rings. The van der Waals surface area contributed by atoms with Gasteiger partial charge in [-0.05, 0) is 156 Å². The molecule has 1 aromatic heterocycles. The van der Waals surface area contributed by atoms with Crippen molar-refractivity contribution in [3.63, 3.8) is 0 Å². The van der Waals surface area contributed by atoms with Gasteiger partial charge < -0.3 is 54.1 Å². The molecule has 1 fully saturated rings. The van der Waals surface area contributed by atoms with Crippen LogP contribution in [0.3, 0.4) is 0 Å². The molecule has 2 rings (SSSR count). The van der Waals surface area contributed by atoms with Crippen LogP contribution in [0.2, 0.25) is 0 Å². The molecule has 0 amide bonds. The molecule has 7 N–H and O–H groups in total. The average molecular weight is 1240 g/mol. The summed E-state index contributed by atoms with van der Waals surface area (Å²) in [7, 11) is -16.9. The van der Waals surface area contributed by atoms with Crippen molar-refractivity contribution in [2.75, 3.05) is 85.1 Å². The Labute approximate surface area is 496 Å². The van der Waals surface area contributed by atoms with Gasteiger partial charge in [-0.2, -0.15) is 13.0 Å².